The van der Waals surface area contributed by atoms with Crippen molar-refractivity contribution in [3.05, 3.63) is 4.91 Å². The Labute approximate surface area is 66.5 Å². The van der Waals surface area contributed by atoms with E-state index in [9.17, 15) is 9.70 Å². The highest BCUT2D eigenvalue weighted by molar-refractivity contribution is 5.49. The highest BCUT2D eigenvalue weighted by atomic mass is 16.3. The van der Waals surface area contributed by atoms with Gasteiger partial charge in [0.15, 0.2) is 0 Å². The maximum Gasteiger partial charge on any atom is 0.121 e. The number of rotatable bonds is 7. The number of unbranched alkanes of at least 4 members (excludes halogenated alkanes) is 1. The van der Waals surface area contributed by atoms with Crippen LogP contribution in [0.15, 0.2) is 5.29 Å². The Morgan fingerprint density at radius 3 is 2.64 bits per heavy atom. The SMILES string of the molecule is CCCCN(CCC=O)N=O. The summed E-state index contributed by atoms with van der Waals surface area (Å²) in [6, 6.07) is 0. The van der Waals surface area contributed by atoms with Crippen LogP contribution in [0.4, 0.5) is 0 Å². The van der Waals surface area contributed by atoms with Crippen LogP contribution in [0, 0.1) is 4.91 Å². The molecule has 0 aliphatic heterocycles. The van der Waals surface area contributed by atoms with Crippen molar-refractivity contribution in [1.29, 1.82) is 0 Å². The third-order valence-electron chi connectivity index (χ3n) is 1.39. The summed E-state index contributed by atoms with van der Waals surface area (Å²) < 4.78 is 0. The Bertz CT molecular complexity index is 117. The number of hydrogen-bond donors (Lipinski definition) is 0. The van der Waals surface area contributed by atoms with Crippen molar-refractivity contribution in [2.24, 2.45) is 5.29 Å². The van der Waals surface area contributed by atoms with Crippen LogP contribution in [0.3, 0.4) is 0 Å². The summed E-state index contributed by atoms with van der Waals surface area (Å²) >= 11 is 0. The van der Waals surface area contributed by atoms with Crippen molar-refractivity contribution in [2.45, 2.75) is 26.2 Å². The predicted octanol–water partition coefficient (Wildman–Crippen LogP) is 1.36. The molecule has 0 spiro atoms. The van der Waals surface area contributed by atoms with Crippen molar-refractivity contribution in [1.82, 2.24) is 5.01 Å². The molecular formula is C7H14N2O2. The molecule has 0 bridgehead atoms. The van der Waals surface area contributed by atoms with Crippen LogP contribution in [0.5, 0.6) is 0 Å². The van der Waals surface area contributed by atoms with Gasteiger partial charge in [0.2, 0.25) is 0 Å². The first-order valence-corrected chi connectivity index (χ1v) is 3.87. The van der Waals surface area contributed by atoms with Gasteiger partial charge < -0.3 is 4.79 Å². The molecule has 0 aliphatic rings. The van der Waals surface area contributed by atoms with E-state index in [2.05, 4.69) is 5.29 Å². The highest BCUT2D eigenvalue weighted by Crippen LogP contribution is 1.95. The lowest BCUT2D eigenvalue weighted by Gasteiger charge is -2.11. The molecule has 0 saturated carbocycles. The number of carbonyl (C=O) groups is 1. The van der Waals surface area contributed by atoms with Crippen LogP contribution in [-0.2, 0) is 4.79 Å². The van der Waals surface area contributed by atoms with Gasteiger partial charge in [0.25, 0.3) is 0 Å². The second-order valence-electron chi connectivity index (χ2n) is 2.34. The lowest BCUT2D eigenvalue weighted by atomic mass is 10.3. The summed E-state index contributed by atoms with van der Waals surface area (Å²) in [6.45, 7) is 3.16. The number of aldehydes is 1. The molecule has 0 atom stereocenters. The topological polar surface area (TPSA) is 49.7 Å². The van der Waals surface area contributed by atoms with E-state index in [0.29, 0.717) is 19.5 Å². The zero-order valence-corrected chi connectivity index (χ0v) is 6.82. The average molecular weight is 158 g/mol. The summed E-state index contributed by atoms with van der Waals surface area (Å²) in [5.74, 6) is 0. The summed E-state index contributed by atoms with van der Waals surface area (Å²) in [4.78, 5) is 20.0. The standard InChI is InChI=1S/C7H14N2O2/c1-2-3-5-9(8-11)6-4-7-10/h7H,2-6H2,1H3. The molecule has 0 rings (SSSR count). The van der Waals surface area contributed by atoms with Crippen molar-refractivity contribution in [2.75, 3.05) is 13.1 Å². The zero-order valence-electron chi connectivity index (χ0n) is 6.82. The minimum atomic E-state index is 0.384. The number of nitrogens with zero attached hydrogens (tertiary/aromatic N) is 2. The van der Waals surface area contributed by atoms with Gasteiger partial charge in [0.1, 0.15) is 6.29 Å². The van der Waals surface area contributed by atoms with Gasteiger partial charge in [0, 0.05) is 19.5 Å². The van der Waals surface area contributed by atoms with E-state index in [1.54, 1.807) is 0 Å². The molecule has 0 aromatic heterocycles. The van der Waals surface area contributed by atoms with Crippen LogP contribution in [0.1, 0.15) is 26.2 Å². The molecule has 0 unspecified atom stereocenters. The van der Waals surface area contributed by atoms with Crippen molar-refractivity contribution in [3.63, 3.8) is 0 Å². The van der Waals surface area contributed by atoms with E-state index in [0.717, 1.165) is 19.1 Å². The Morgan fingerprint density at radius 1 is 1.45 bits per heavy atom. The Kier molecular flexibility index (Phi) is 6.57. The summed E-state index contributed by atoms with van der Waals surface area (Å²) in [7, 11) is 0. The summed E-state index contributed by atoms with van der Waals surface area (Å²) in [5, 5.41) is 4.17. The zero-order chi connectivity index (χ0) is 8.53. The fourth-order valence-corrected chi connectivity index (χ4v) is 0.736. The summed E-state index contributed by atoms with van der Waals surface area (Å²) in [6.07, 6.45) is 3.16. The molecule has 0 saturated heterocycles. The molecule has 0 fully saturated rings. The summed E-state index contributed by atoms with van der Waals surface area (Å²) in [5.41, 5.74) is 0. The fourth-order valence-electron chi connectivity index (χ4n) is 0.736. The molecule has 0 aromatic carbocycles. The van der Waals surface area contributed by atoms with Gasteiger partial charge in [-0.05, 0) is 6.42 Å². The molecule has 0 amide bonds. The molecule has 0 radical (unpaired) electrons. The fraction of sp³-hybridized carbons (Fsp3) is 0.857. The lowest BCUT2D eigenvalue weighted by Crippen LogP contribution is -2.19. The maximum atomic E-state index is 10.1. The first kappa shape index (κ1) is 10.1. The second-order valence-corrected chi connectivity index (χ2v) is 2.34. The molecule has 11 heavy (non-hydrogen) atoms. The van der Waals surface area contributed by atoms with Gasteiger partial charge >= 0.3 is 0 Å². The quantitative estimate of drug-likeness (QED) is 0.319. The number of carbonyl (C=O) groups excluding carboxylic acids is 1. The van der Waals surface area contributed by atoms with Crippen LogP contribution >= 0.6 is 0 Å². The van der Waals surface area contributed by atoms with Gasteiger partial charge in [-0.25, -0.2) is 0 Å². The maximum absolute atomic E-state index is 10.1. The van der Waals surface area contributed by atoms with Crippen LogP contribution in [0.25, 0.3) is 0 Å². The molecule has 0 aromatic rings. The molecule has 0 N–H and O–H groups in total. The van der Waals surface area contributed by atoms with Gasteiger partial charge in [-0.15, -0.1) is 4.91 Å². The monoisotopic (exact) mass is 158 g/mol. The molecule has 4 heteroatoms. The van der Waals surface area contributed by atoms with E-state index < -0.39 is 0 Å². The van der Waals surface area contributed by atoms with Gasteiger partial charge in [-0.2, -0.15) is 0 Å². The van der Waals surface area contributed by atoms with E-state index in [1.165, 1.54) is 5.01 Å². The van der Waals surface area contributed by atoms with Gasteiger partial charge in [-0.3, -0.25) is 5.01 Å². The number of nitroso groups, excluding NO2 is 1. The van der Waals surface area contributed by atoms with Crippen molar-refractivity contribution >= 4 is 6.29 Å². The van der Waals surface area contributed by atoms with Crippen molar-refractivity contribution < 1.29 is 4.79 Å². The van der Waals surface area contributed by atoms with Gasteiger partial charge in [-0.1, -0.05) is 13.3 Å². The van der Waals surface area contributed by atoms with Crippen LogP contribution in [0.2, 0.25) is 0 Å². The van der Waals surface area contributed by atoms with E-state index in [1.807, 2.05) is 6.92 Å². The highest BCUT2D eigenvalue weighted by Gasteiger charge is 1.99. The molecule has 64 valence electrons. The van der Waals surface area contributed by atoms with E-state index in [4.69, 9.17) is 0 Å². The van der Waals surface area contributed by atoms with Crippen LogP contribution in [-0.4, -0.2) is 24.4 Å². The van der Waals surface area contributed by atoms with E-state index >= 15 is 0 Å². The average Bonchev–Trinajstić information content (AvgIpc) is 2.05. The predicted molar refractivity (Wildman–Crippen MR) is 43.0 cm³/mol. The van der Waals surface area contributed by atoms with E-state index in [-0.39, 0.29) is 0 Å². The number of hydrogen-bond acceptors (Lipinski definition) is 3. The van der Waals surface area contributed by atoms with Gasteiger partial charge in [0.05, 0.1) is 5.29 Å². The third kappa shape index (κ3) is 5.51. The lowest BCUT2D eigenvalue weighted by molar-refractivity contribution is -0.108. The second kappa shape index (κ2) is 7.18. The Balaban J connectivity index is 3.40. The molecule has 0 heterocycles. The third-order valence-corrected chi connectivity index (χ3v) is 1.39. The minimum absolute atomic E-state index is 0.384. The first-order chi connectivity index (χ1) is 5.35. The molecule has 0 aliphatic carbocycles. The first-order valence-electron chi connectivity index (χ1n) is 3.87. The Hall–Kier alpha value is -0.930. The molecular weight excluding hydrogens is 144 g/mol. The Morgan fingerprint density at radius 2 is 2.18 bits per heavy atom. The largest absolute Gasteiger partial charge is 0.303 e. The normalized spacial score (nSPS) is 9.18. The smallest absolute Gasteiger partial charge is 0.121 e. The van der Waals surface area contributed by atoms with Crippen LogP contribution < -0.4 is 0 Å². The minimum Gasteiger partial charge on any atom is -0.303 e. The van der Waals surface area contributed by atoms with Crippen molar-refractivity contribution in [3.8, 4) is 0 Å². The molecule has 4 nitrogen and oxygen atoms in total.